The van der Waals surface area contributed by atoms with Crippen molar-refractivity contribution in [1.29, 1.82) is 0 Å². The van der Waals surface area contributed by atoms with Gasteiger partial charge in [0, 0.05) is 56.0 Å². The highest BCUT2D eigenvalue weighted by atomic mass is 19.1. The molecular weight excluding hydrogens is 497 g/mol. The SMILES string of the molecule is CC(C)(C)OC(=O)N1CCN(Cc2cccc(-c3cc(-c4ccc5c(c4)CCNC5=O)c(N)nc3F)c2)CC1. The lowest BCUT2D eigenvalue weighted by atomic mass is 9.94. The van der Waals surface area contributed by atoms with Gasteiger partial charge in [-0.15, -0.1) is 0 Å². The van der Waals surface area contributed by atoms with Crippen LogP contribution < -0.4 is 11.1 Å². The van der Waals surface area contributed by atoms with Gasteiger partial charge in [0.2, 0.25) is 5.95 Å². The molecule has 0 aliphatic carbocycles. The molecule has 0 radical (unpaired) electrons. The number of fused-ring (bicyclic) bond motifs is 1. The van der Waals surface area contributed by atoms with Crippen molar-refractivity contribution < 1.29 is 18.7 Å². The number of benzene rings is 2. The van der Waals surface area contributed by atoms with Gasteiger partial charge in [0.25, 0.3) is 5.91 Å². The zero-order chi connectivity index (χ0) is 27.7. The number of aromatic nitrogens is 1. The number of carbonyl (C=O) groups is 2. The van der Waals surface area contributed by atoms with E-state index in [-0.39, 0.29) is 17.8 Å². The van der Waals surface area contributed by atoms with E-state index >= 15 is 4.39 Å². The topological polar surface area (TPSA) is 101 Å². The average molecular weight is 532 g/mol. The highest BCUT2D eigenvalue weighted by molar-refractivity contribution is 5.97. The van der Waals surface area contributed by atoms with E-state index in [0.717, 1.165) is 36.2 Å². The van der Waals surface area contributed by atoms with E-state index in [9.17, 15) is 9.59 Å². The summed E-state index contributed by atoms with van der Waals surface area (Å²) in [5.41, 5.74) is 10.8. The van der Waals surface area contributed by atoms with Gasteiger partial charge in [0.1, 0.15) is 11.4 Å². The lowest BCUT2D eigenvalue weighted by molar-refractivity contribution is 0.0139. The minimum atomic E-state index is -0.628. The number of ether oxygens (including phenoxy) is 1. The Hall–Kier alpha value is -3.98. The molecule has 0 spiro atoms. The molecule has 204 valence electrons. The van der Waals surface area contributed by atoms with E-state index in [1.165, 1.54) is 0 Å². The van der Waals surface area contributed by atoms with Gasteiger partial charge in [-0.1, -0.05) is 30.3 Å². The third kappa shape index (κ3) is 6.04. The second-order valence-corrected chi connectivity index (χ2v) is 11.1. The highest BCUT2D eigenvalue weighted by Gasteiger charge is 2.26. The number of carbonyl (C=O) groups excluding carboxylic acids is 2. The molecule has 8 nitrogen and oxygen atoms in total. The van der Waals surface area contributed by atoms with Crippen LogP contribution in [-0.2, 0) is 17.7 Å². The molecular formula is C30H34FN5O3. The Morgan fingerprint density at radius 3 is 2.51 bits per heavy atom. The molecule has 0 atom stereocenters. The molecule has 0 bridgehead atoms. The molecule has 5 rings (SSSR count). The van der Waals surface area contributed by atoms with Crippen LogP contribution in [0.15, 0.2) is 48.5 Å². The van der Waals surface area contributed by atoms with Crippen molar-refractivity contribution in [2.75, 3.05) is 38.5 Å². The number of nitrogen functional groups attached to an aromatic ring is 1. The van der Waals surface area contributed by atoms with Crippen LogP contribution in [0.25, 0.3) is 22.3 Å². The molecule has 1 aromatic heterocycles. The summed E-state index contributed by atoms with van der Waals surface area (Å²) in [6.07, 6.45) is 0.443. The number of rotatable bonds is 4. The number of hydrogen-bond acceptors (Lipinski definition) is 6. The molecule has 0 saturated carbocycles. The molecule has 3 N–H and O–H groups in total. The number of halogens is 1. The second-order valence-electron chi connectivity index (χ2n) is 11.1. The summed E-state index contributed by atoms with van der Waals surface area (Å²) in [4.78, 5) is 32.5. The minimum absolute atomic E-state index is 0.0863. The summed E-state index contributed by atoms with van der Waals surface area (Å²) < 4.78 is 20.6. The van der Waals surface area contributed by atoms with Crippen LogP contribution >= 0.6 is 0 Å². The number of piperazine rings is 1. The lowest BCUT2D eigenvalue weighted by Crippen LogP contribution is -2.49. The molecule has 2 aliphatic rings. The molecule has 2 aromatic carbocycles. The van der Waals surface area contributed by atoms with Crippen LogP contribution in [0, 0.1) is 5.95 Å². The van der Waals surface area contributed by atoms with Gasteiger partial charge in [-0.25, -0.2) is 9.78 Å². The molecule has 1 saturated heterocycles. The van der Waals surface area contributed by atoms with Gasteiger partial charge >= 0.3 is 6.09 Å². The van der Waals surface area contributed by atoms with Crippen LogP contribution in [-0.4, -0.2) is 65.1 Å². The molecule has 2 amide bonds. The third-order valence-electron chi connectivity index (χ3n) is 7.01. The van der Waals surface area contributed by atoms with Crippen LogP contribution in [0.4, 0.5) is 15.0 Å². The molecule has 3 heterocycles. The first-order valence-electron chi connectivity index (χ1n) is 13.2. The number of amides is 2. The Morgan fingerprint density at radius 1 is 1.03 bits per heavy atom. The van der Waals surface area contributed by atoms with Gasteiger partial charge in [-0.05, 0) is 67.6 Å². The zero-order valence-electron chi connectivity index (χ0n) is 22.6. The fourth-order valence-electron chi connectivity index (χ4n) is 5.04. The van der Waals surface area contributed by atoms with Crippen LogP contribution in [0.2, 0.25) is 0 Å². The van der Waals surface area contributed by atoms with E-state index in [1.807, 2.05) is 57.2 Å². The van der Waals surface area contributed by atoms with E-state index in [1.54, 1.807) is 17.0 Å². The van der Waals surface area contributed by atoms with Crippen molar-refractivity contribution in [1.82, 2.24) is 20.1 Å². The first-order valence-corrected chi connectivity index (χ1v) is 13.2. The maximum absolute atomic E-state index is 15.1. The number of nitrogens with zero attached hydrogens (tertiary/aromatic N) is 3. The van der Waals surface area contributed by atoms with Crippen LogP contribution in [0.1, 0.15) is 42.3 Å². The predicted molar refractivity (Wildman–Crippen MR) is 149 cm³/mol. The number of nitrogens with one attached hydrogen (secondary N) is 1. The highest BCUT2D eigenvalue weighted by Crippen LogP contribution is 2.33. The van der Waals surface area contributed by atoms with E-state index < -0.39 is 11.5 Å². The van der Waals surface area contributed by atoms with Crippen molar-refractivity contribution in [3.8, 4) is 22.3 Å². The fourth-order valence-corrected chi connectivity index (χ4v) is 5.04. The van der Waals surface area contributed by atoms with Crippen molar-refractivity contribution in [3.05, 3.63) is 71.2 Å². The third-order valence-corrected chi connectivity index (χ3v) is 7.01. The van der Waals surface area contributed by atoms with Gasteiger partial charge < -0.3 is 20.7 Å². The monoisotopic (exact) mass is 531 g/mol. The summed E-state index contributed by atoms with van der Waals surface area (Å²) in [6.45, 7) is 9.49. The Morgan fingerprint density at radius 2 is 1.77 bits per heavy atom. The van der Waals surface area contributed by atoms with Gasteiger partial charge in [0.05, 0.1) is 0 Å². The largest absolute Gasteiger partial charge is 0.444 e. The quantitative estimate of drug-likeness (QED) is 0.482. The smallest absolute Gasteiger partial charge is 0.410 e. The first-order chi connectivity index (χ1) is 18.6. The van der Waals surface area contributed by atoms with E-state index in [2.05, 4.69) is 15.2 Å². The number of pyridine rings is 1. The summed E-state index contributed by atoms with van der Waals surface area (Å²) >= 11 is 0. The lowest BCUT2D eigenvalue weighted by Gasteiger charge is -2.35. The Kier molecular flexibility index (Phi) is 7.27. The molecule has 3 aromatic rings. The number of nitrogens with two attached hydrogens (primary N) is 1. The molecule has 1 fully saturated rings. The van der Waals surface area contributed by atoms with Crippen LogP contribution in [0.5, 0.6) is 0 Å². The van der Waals surface area contributed by atoms with Gasteiger partial charge in [-0.3, -0.25) is 9.69 Å². The Labute approximate surface area is 228 Å². The molecule has 39 heavy (non-hydrogen) atoms. The standard InChI is InChI=1S/C30H34FN5O3/c1-30(2,3)39-29(38)36-13-11-35(12-14-36)18-19-5-4-6-20(15-19)24-17-25(27(32)34-26(24)31)21-7-8-23-22(16-21)9-10-33-28(23)37/h4-8,15-17H,9-14,18H2,1-3H3,(H2,32,34)(H,33,37). The maximum atomic E-state index is 15.1. The average Bonchev–Trinajstić information content (AvgIpc) is 2.88. The molecule has 2 aliphatic heterocycles. The zero-order valence-corrected chi connectivity index (χ0v) is 22.6. The van der Waals surface area contributed by atoms with E-state index in [0.29, 0.717) is 48.4 Å². The summed E-state index contributed by atoms with van der Waals surface area (Å²) in [5.74, 6) is -0.607. The van der Waals surface area contributed by atoms with Crippen molar-refractivity contribution in [3.63, 3.8) is 0 Å². The van der Waals surface area contributed by atoms with Gasteiger partial charge in [0.15, 0.2) is 0 Å². The summed E-state index contributed by atoms with van der Waals surface area (Å²) in [5, 5.41) is 2.84. The van der Waals surface area contributed by atoms with Crippen molar-refractivity contribution in [2.24, 2.45) is 0 Å². The fraction of sp³-hybridized carbons (Fsp3) is 0.367. The minimum Gasteiger partial charge on any atom is -0.444 e. The maximum Gasteiger partial charge on any atom is 0.410 e. The van der Waals surface area contributed by atoms with Crippen molar-refractivity contribution in [2.45, 2.75) is 39.3 Å². The Bertz CT molecular complexity index is 1410. The van der Waals surface area contributed by atoms with E-state index in [4.69, 9.17) is 10.5 Å². The van der Waals surface area contributed by atoms with Crippen molar-refractivity contribution >= 4 is 17.8 Å². The predicted octanol–water partition coefficient (Wildman–Crippen LogP) is 4.48. The van der Waals surface area contributed by atoms with Crippen LogP contribution in [0.3, 0.4) is 0 Å². The second kappa shape index (κ2) is 10.6. The number of anilines is 1. The Balaban J connectivity index is 1.33. The summed E-state index contributed by atoms with van der Waals surface area (Å²) in [7, 11) is 0. The summed E-state index contributed by atoms with van der Waals surface area (Å²) in [6, 6.07) is 15.0. The molecule has 0 unspecified atom stereocenters. The number of hydrogen-bond donors (Lipinski definition) is 2. The van der Waals surface area contributed by atoms with Gasteiger partial charge in [-0.2, -0.15) is 4.39 Å². The molecule has 9 heteroatoms. The first kappa shape index (κ1) is 26.6. The normalized spacial score (nSPS) is 16.0.